The van der Waals surface area contributed by atoms with Crippen LogP contribution < -0.4 is 0 Å². The van der Waals surface area contributed by atoms with E-state index in [9.17, 15) is 0 Å². The monoisotopic (exact) mass is 433 g/mol. The molecule has 0 unspecified atom stereocenters. The summed E-state index contributed by atoms with van der Waals surface area (Å²) in [6, 6.07) is 15.5. The molecule has 0 aliphatic carbocycles. The van der Waals surface area contributed by atoms with E-state index >= 15 is 0 Å². The van der Waals surface area contributed by atoms with Crippen molar-refractivity contribution >= 4 is 26.5 Å². The molecule has 4 heteroatoms. The molecule has 0 heterocycles. The van der Waals surface area contributed by atoms with Crippen LogP contribution in [0.25, 0.3) is 0 Å². The van der Waals surface area contributed by atoms with Gasteiger partial charge in [-0.15, -0.1) is 0 Å². The Balaban J connectivity index is 0. The molecule has 0 aliphatic rings. The average molecular weight is 436 g/mol. The zero-order chi connectivity index (χ0) is 17.4. The fourth-order valence-electron chi connectivity index (χ4n) is 1.49. The fourth-order valence-corrected chi connectivity index (χ4v) is 2.07. The Kier molecular flexibility index (Phi) is 19.8. The SMILES string of the molecule is CC[SiH]CC.Cc1cc[cH-]c1C.Cc1cc[cH-]c1C.[Cl][Zr+2][Cl]. The molecule has 2 rings (SSSR count). The van der Waals surface area contributed by atoms with Crippen LogP contribution in [0, 0.1) is 27.7 Å². The number of aryl methyl sites for hydroxylation is 4. The van der Waals surface area contributed by atoms with Crippen LogP contribution in [-0.4, -0.2) is 9.52 Å². The summed E-state index contributed by atoms with van der Waals surface area (Å²) in [5.74, 6) is 0. The van der Waals surface area contributed by atoms with Crippen LogP contribution in [0.15, 0.2) is 36.4 Å². The Labute approximate surface area is 158 Å². The van der Waals surface area contributed by atoms with E-state index in [1.807, 2.05) is 0 Å². The van der Waals surface area contributed by atoms with Crippen LogP contribution in [-0.2, 0) is 20.8 Å². The zero-order valence-electron chi connectivity index (χ0n) is 14.7. The summed E-state index contributed by atoms with van der Waals surface area (Å²) in [7, 11) is 10.7. The van der Waals surface area contributed by atoms with Crippen LogP contribution in [0.5, 0.6) is 0 Å². The maximum absolute atomic E-state index is 4.93. The van der Waals surface area contributed by atoms with E-state index in [4.69, 9.17) is 17.0 Å². The second kappa shape index (κ2) is 17.7. The summed E-state index contributed by atoms with van der Waals surface area (Å²) in [6.07, 6.45) is 0. The van der Waals surface area contributed by atoms with Crippen molar-refractivity contribution in [3.8, 4) is 0 Å². The van der Waals surface area contributed by atoms with E-state index in [1.54, 1.807) is 0 Å². The normalized spacial score (nSPS) is 8.36. The van der Waals surface area contributed by atoms with Gasteiger partial charge < -0.3 is 0 Å². The fraction of sp³-hybridized carbons (Fsp3) is 0.444. The quantitative estimate of drug-likeness (QED) is 0.363. The van der Waals surface area contributed by atoms with Gasteiger partial charge in [0.1, 0.15) is 0 Å². The molecule has 0 fully saturated rings. The van der Waals surface area contributed by atoms with Gasteiger partial charge in [0.25, 0.3) is 0 Å². The van der Waals surface area contributed by atoms with E-state index < -0.39 is 20.8 Å². The molecule has 0 aromatic heterocycles. The van der Waals surface area contributed by atoms with Crippen LogP contribution in [0.1, 0.15) is 36.1 Å². The predicted octanol–water partition coefficient (Wildman–Crippen LogP) is 6.72. The third-order valence-corrected chi connectivity index (χ3v) is 4.36. The number of hydrogen-bond donors (Lipinski definition) is 0. The van der Waals surface area contributed by atoms with Crippen molar-refractivity contribution in [2.75, 3.05) is 0 Å². The molecule has 0 bridgehead atoms. The van der Waals surface area contributed by atoms with Crippen LogP contribution in [0.3, 0.4) is 0 Å². The molecular formula is C18H29Cl2SiZr. The maximum atomic E-state index is 4.93. The van der Waals surface area contributed by atoms with Gasteiger partial charge in [-0.05, 0) is 0 Å². The summed E-state index contributed by atoms with van der Waals surface area (Å²) in [5.41, 5.74) is 5.56. The average Bonchev–Trinajstić information content (AvgIpc) is 3.03. The molecule has 0 aliphatic heterocycles. The van der Waals surface area contributed by atoms with Crippen LogP contribution >= 0.6 is 17.0 Å². The molecule has 0 saturated carbocycles. The van der Waals surface area contributed by atoms with Gasteiger partial charge in [0, 0.05) is 9.52 Å². The summed E-state index contributed by atoms with van der Waals surface area (Å²) < 4.78 is 0. The van der Waals surface area contributed by atoms with Crippen molar-refractivity contribution in [3.05, 3.63) is 58.7 Å². The molecule has 1 radical (unpaired) electrons. The van der Waals surface area contributed by atoms with Crippen molar-refractivity contribution < 1.29 is 20.8 Å². The van der Waals surface area contributed by atoms with E-state index in [-0.39, 0.29) is 0 Å². The van der Waals surface area contributed by atoms with E-state index in [1.165, 1.54) is 34.3 Å². The van der Waals surface area contributed by atoms with Gasteiger partial charge in [-0.3, -0.25) is 0 Å². The molecule has 0 amide bonds. The van der Waals surface area contributed by atoms with Gasteiger partial charge in [-0.25, -0.2) is 12.1 Å². The summed E-state index contributed by atoms with van der Waals surface area (Å²) in [6.45, 7) is 13.0. The first-order chi connectivity index (χ1) is 10.4. The number of rotatable bonds is 2. The third-order valence-electron chi connectivity index (χ3n) is 3.21. The third kappa shape index (κ3) is 15.3. The van der Waals surface area contributed by atoms with Gasteiger partial charge >= 0.3 is 37.9 Å². The minimum absolute atomic E-state index is 0.815. The Morgan fingerprint density at radius 2 is 1.18 bits per heavy atom. The second-order valence-electron chi connectivity index (χ2n) is 4.96. The van der Waals surface area contributed by atoms with Crippen molar-refractivity contribution in [2.24, 2.45) is 0 Å². The zero-order valence-corrected chi connectivity index (χ0v) is 19.8. The van der Waals surface area contributed by atoms with Crippen molar-refractivity contribution in [1.82, 2.24) is 0 Å². The molecule has 123 valence electrons. The van der Waals surface area contributed by atoms with Gasteiger partial charge in [-0.1, -0.05) is 53.6 Å². The van der Waals surface area contributed by atoms with Gasteiger partial charge in [0.2, 0.25) is 0 Å². The first-order valence-corrected chi connectivity index (χ1v) is 15.6. The molecule has 0 atom stereocenters. The first-order valence-electron chi connectivity index (χ1n) is 7.60. The molecule has 22 heavy (non-hydrogen) atoms. The predicted molar refractivity (Wildman–Crippen MR) is 103 cm³/mol. The van der Waals surface area contributed by atoms with E-state index in [0.717, 1.165) is 9.52 Å². The van der Waals surface area contributed by atoms with Crippen LogP contribution in [0.2, 0.25) is 12.1 Å². The van der Waals surface area contributed by atoms with Crippen molar-refractivity contribution in [3.63, 3.8) is 0 Å². The minimum atomic E-state index is -0.826. The number of halogens is 2. The van der Waals surface area contributed by atoms with E-state index in [0.29, 0.717) is 0 Å². The Bertz CT molecular complexity index is 376. The van der Waals surface area contributed by atoms with Gasteiger partial charge in [0.05, 0.1) is 0 Å². The van der Waals surface area contributed by atoms with Gasteiger partial charge in [0.15, 0.2) is 0 Å². The molecule has 0 saturated heterocycles. The first kappa shape index (κ1) is 24.6. The molecular weight excluding hydrogens is 406 g/mol. The second-order valence-corrected chi connectivity index (χ2v) is 10.9. The van der Waals surface area contributed by atoms with Crippen molar-refractivity contribution in [2.45, 2.75) is 53.6 Å². The van der Waals surface area contributed by atoms with Crippen LogP contribution in [0.4, 0.5) is 0 Å². The molecule has 2 aromatic carbocycles. The van der Waals surface area contributed by atoms with E-state index in [2.05, 4.69) is 77.9 Å². The Morgan fingerprint density at radius 3 is 1.23 bits per heavy atom. The Morgan fingerprint density at radius 1 is 0.864 bits per heavy atom. The summed E-state index contributed by atoms with van der Waals surface area (Å²) in [5, 5.41) is 0. The van der Waals surface area contributed by atoms with Gasteiger partial charge in [-0.2, -0.15) is 46.5 Å². The number of hydrogen-bond acceptors (Lipinski definition) is 0. The standard InChI is InChI=1S/2C7H9.C4H11Si.2ClH.Zr/c2*1-6-4-3-5-7(6)2;1-3-5-4-2;;;/h2*3-5H,1-2H3;5H,3-4H2,1-2H3;2*1H;/q2*-1;;;;+4/p-2. The molecule has 0 nitrogen and oxygen atoms in total. The summed E-state index contributed by atoms with van der Waals surface area (Å²) >= 11 is -0.826. The Hall–Kier alpha value is 0.380. The summed E-state index contributed by atoms with van der Waals surface area (Å²) in [4.78, 5) is 0. The molecule has 0 N–H and O–H groups in total. The molecule has 0 spiro atoms. The molecule has 2 aromatic rings. The van der Waals surface area contributed by atoms with Crippen molar-refractivity contribution in [1.29, 1.82) is 0 Å². The topological polar surface area (TPSA) is 0 Å².